The van der Waals surface area contributed by atoms with Gasteiger partial charge in [-0.1, -0.05) is 0 Å². The molecule has 1 aromatic carbocycles. The summed E-state index contributed by atoms with van der Waals surface area (Å²) >= 11 is 0. The summed E-state index contributed by atoms with van der Waals surface area (Å²) in [5.41, 5.74) is 0.893. The summed E-state index contributed by atoms with van der Waals surface area (Å²) in [5, 5.41) is 6.04. The predicted molar refractivity (Wildman–Crippen MR) is 79.0 cm³/mol. The van der Waals surface area contributed by atoms with E-state index in [-0.39, 0.29) is 5.91 Å². The molecule has 116 valence electrons. The van der Waals surface area contributed by atoms with E-state index in [1.165, 1.54) is 12.8 Å². The molecule has 0 aliphatic heterocycles. The van der Waals surface area contributed by atoms with E-state index in [4.69, 9.17) is 14.2 Å². The van der Waals surface area contributed by atoms with Gasteiger partial charge in [0.25, 0.3) is 0 Å². The number of benzene rings is 1. The molecule has 0 spiro atoms. The lowest BCUT2D eigenvalue weighted by Crippen LogP contribution is -2.34. The molecule has 1 aromatic rings. The Hall–Kier alpha value is -1.95. The zero-order valence-corrected chi connectivity index (χ0v) is 12.7. The first-order valence-electron chi connectivity index (χ1n) is 6.97. The largest absolute Gasteiger partial charge is 0.493 e. The number of hydrogen-bond acceptors (Lipinski definition) is 5. The van der Waals surface area contributed by atoms with Gasteiger partial charge in [0.2, 0.25) is 11.7 Å². The van der Waals surface area contributed by atoms with Gasteiger partial charge in [-0.05, 0) is 30.5 Å². The van der Waals surface area contributed by atoms with Crippen LogP contribution in [0.4, 0.5) is 0 Å². The van der Waals surface area contributed by atoms with Crippen molar-refractivity contribution in [2.24, 2.45) is 0 Å². The number of carbonyl (C=O) groups is 1. The summed E-state index contributed by atoms with van der Waals surface area (Å²) in [6, 6.07) is 4.18. The third-order valence-electron chi connectivity index (χ3n) is 3.34. The maximum Gasteiger partial charge on any atom is 0.234 e. The second-order valence-electron chi connectivity index (χ2n) is 4.97. The van der Waals surface area contributed by atoms with Gasteiger partial charge >= 0.3 is 0 Å². The SMILES string of the molecule is COc1cc(CNC(=O)CNC2CC2)cc(OC)c1OC. The molecule has 1 fully saturated rings. The zero-order valence-electron chi connectivity index (χ0n) is 12.7. The summed E-state index contributed by atoms with van der Waals surface area (Å²) in [7, 11) is 4.70. The fourth-order valence-electron chi connectivity index (χ4n) is 2.03. The maximum absolute atomic E-state index is 11.7. The van der Waals surface area contributed by atoms with E-state index in [2.05, 4.69) is 10.6 Å². The van der Waals surface area contributed by atoms with Crippen LogP contribution in [0, 0.1) is 0 Å². The lowest BCUT2D eigenvalue weighted by molar-refractivity contribution is -0.120. The summed E-state index contributed by atoms with van der Waals surface area (Å²) in [5.74, 6) is 1.69. The molecule has 1 aliphatic rings. The van der Waals surface area contributed by atoms with Gasteiger partial charge in [0.05, 0.1) is 27.9 Å². The molecule has 1 saturated carbocycles. The van der Waals surface area contributed by atoms with Gasteiger partial charge in [-0.2, -0.15) is 0 Å². The smallest absolute Gasteiger partial charge is 0.234 e. The van der Waals surface area contributed by atoms with Crippen LogP contribution >= 0.6 is 0 Å². The van der Waals surface area contributed by atoms with Crippen molar-refractivity contribution in [1.82, 2.24) is 10.6 Å². The van der Waals surface area contributed by atoms with Crippen LogP contribution in [-0.2, 0) is 11.3 Å². The van der Waals surface area contributed by atoms with Crippen LogP contribution in [0.2, 0.25) is 0 Å². The number of methoxy groups -OCH3 is 3. The van der Waals surface area contributed by atoms with Crippen molar-refractivity contribution < 1.29 is 19.0 Å². The molecule has 6 nitrogen and oxygen atoms in total. The van der Waals surface area contributed by atoms with Gasteiger partial charge in [0, 0.05) is 12.6 Å². The molecule has 0 atom stereocenters. The van der Waals surface area contributed by atoms with Crippen molar-refractivity contribution >= 4 is 5.91 Å². The van der Waals surface area contributed by atoms with E-state index in [1.54, 1.807) is 21.3 Å². The summed E-state index contributed by atoms with van der Waals surface area (Å²) in [6.07, 6.45) is 2.33. The lowest BCUT2D eigenvalue weighted by Gasteiger charge is -2.14. The molecule has 2 rings (SSSR count). The Morgan fingerprint density at radius 1 is 1.14 bits per heavy atom. The molecule has 0 aromatic heterocycles. The van der Waals surface area contributed by atoms with Gasteiger partial charge < -0.3 is 24.8 Å². The molecule has 0 saturated heterocycles. The first-order chi connectivity index (χ1) is 10.2. The molecule has 2 N–H and O–H groups in total. The standard InChI is InChI=1S/C15H22N2O4/c1-19-12-6-10(7-13(20-2)15(12)21-3)8-17-14(18)9-16-11-4-5-11/h6-7,11,16H,4-5,8-9H2,1-3H3,(H,17,18). The third kappa shape index (κ3) is 4.26. The van der Waals surface area contributed by atoms with Crippen LogP contribution in [0.5, 0.6) is 17.2 Å². The monoisotopic (exact) mass is 294 g/mol. The fourth-order valence-corrected chi connectivity index (χ4v) is 2.03. The Morgan fingerprint density at radius 3 is 2.24 bits per heavy atom. The summed E-state index contributed by atoms with van der Waals surface area (Å²) in [4.78, 5) is 11.7. The first-order valence-corrected chi connectivity index (χ1v) is 6.97. The fraction of sp³-hybridized carbons (Fsp3) is 0.533. The van der Waals surface area contributed by atoms with Crippen LogP contribution in [0.1, 0.15) is 18.4 Å². The normalized spacial score (nSPS) is 13.7. The van der Waals surface area contributed by atoms with Crippen LogP contribution in [0.15, 0.2) is 12.1 Å². The van der Waals surface area contributed by atoms with E-state index >= 15 is 0 Å². The average molecular weight is 294 g/mol. The highest BCUT2D eigenvalue weighted by atomic mass is 16.5. The van der Waals surface area contributed by atoms with Crippen LogP contribution in [0.25, 0.3) is 0 Å². The highest BCUT2D eigenvalue weighted by molar-refractivity contribution is 5.78. The van der Waals surface area contributed by atoms with Gasteiger partial charge in [-0.15, -0.1) is 0 Å². The molecule has 0 unspecified atom stereocenters. The van der Waals surface area contributed by atoms with E-state index < -0.39 is 0 Å². The van der Waals surface area contributed by atoms with E-state index in [1.807, 2.05) is 12.1 Å². The highest BCUT2D eigenvalue weighted by Gasteiger charge is 2.21. The minimum absolute atomic E-state index is 0.0179. The number of hydrogen-bond donors (Lipinski definition) is 2. The van der Waals surface area contributed by atoms with Crippen molar-refractivity contribution in [3.05, 3.63) is 17.7 Å². The second-order valence-corrected chi connectivity index (χ2v) is 4.97. The van der Waals surface area contributed by atoms with E-state index in [0.717, 1.165) is 5.56 Å². The Morgan fingerprint density at radius 2 is 1.76 bits per heavy atom. The van der Waals surface area contributed by atoms with E-state index in [9.17, 15) is 4.79 Å². The average Bonchev–Trinajstić information content (AvgIpc) is 3.33. The number of rotatable bonds is 8. The van der Waals surface area contributed by atoms with Crippen LogP contribution in [0.3, 0.4) is 0 Å². The molecular weight excluding hydrogens is 272 g/mol. The third-order valence-corrected chi connectivity index (χ3v) is 3.34. The number of ether oxygens (including phenoxy) is 3. The Bertz CT molecular complexity index is 475. The van der Waals surface area contributed by atoms with Gasteiger partial charge in [-0.25, -0.2) is 0 Å². The number of nitrogens with one attached hydrogen (secondary N) is 2. The van der Waals surface area contributed by atoms with Crippen LogP contribution in [-0.4, -0.2) is 39.8 Å². The van der Waals surface area contributed by atoms with Crippen molar-refractivity contribution in [2.45, 2.75) is 25.4 Å². The van der Waals surface area contributed by atoms with Crippen molar-refractivity contribution in [3.63, 3.8) is 0 Å². The zero-order chi connectivity index (χ0) is 15.2. The Kier molecular flexibility index (Phi) is 5.27. The Balaban J connectivity index is 1.96. The van der Waals surface area contributed by atoms with Crippen molar-refractivity contribution in [1.29, 1.82) is 0 Å². The molecule has 1 aliphatic carbocycles. The molecule has 6 heteroatoms. The number of amides is 1. The highest BCUT2D eigenvalue weighted by Crippen LogP contribution is 2.38. The van der Waals surface area contributed by atoms with Crippen molar-refractivity contribution in [3.8, 4) is 17.2 Å². The molecular formula is C15H22N2O4. The van der Waals surface area contributed by atoms with Gasteiger partial charge in [0.1, 0.15) is 0 Å². The van der Waals surface area contributed by atoms with Crippen molar-refractivity contribution in [2.75, 3.05) is 27.9 Å². The molecule has 0 radical (unpaired) electrons. The summed E-state index contributed by atoms with van der Waals surface area (Å²) < 4.78 is 15.8. The van der Waals surface area contributed by atoms with Gasteiger partial charge in [0.15, 0.2) is 11.5 Å². The van der Waals surface area contributed by atoms with Crippen LogP contribution < -0.4 is 24.8 Å². The lowest BCUT2D eigenvalue weighted by atomic mass is 10.1. The second kappa shape index (κ2) is 7.17. The Labute approximate surface area is 124 Å². The van der Waals surface area contributed by atoms with E-state index in [0.29, 0.717) is 36.4 Å². The minimum atomic E-state index is -0.0179. The first kappa shape index (κ1) is 15.4. The molecule has 0 heterocycles. The maximum atomic E-state index is 11.7. The molecule has 0 bridgehead atoms. The summed E-state index contributed by atoms with van der Waals surface area (Å²) in [6.45, 7) is 0.775. The molecule has 21 heavy (non-hydrogen) atoms. The topological polar surface area (TPSA) is 68.8 Å². The quantitative estimate of drug-likeness (QED) is 0.751. The minimum Gasteiger partial charge on any atom is -0.493 e. The van der Waals surface area contributed by atoms with Gasteiger partial charge in [-0.3, -0.25) is 4.79 Å². The predicted octanol–water partition coefficient (Wildman–Crippen LogP) is 1.08. The number of carbonyl (C=O) groups excluding carboxylic acids is 1. The molecule has 1 amide bonds.